The predicted molar refractivity (Wildman–Crippen MR) is 158 cm³/mol. The third-order valence-corrected chi connectivity index (χ3v) is 8.35. The number of pyridine rings is 2. The van der Waals surface area contributed by atoms with Crippen molar-refractivity contribution in [3.05, 3.63) is 73.1 Å². The third kappa shape index (κ3) is 4.74. The lowest BCUT2D eigenvalue weighted by atomic mass is 9.75. The molecule has 0 spiro atoms. The lowest BCUT2D eigenvalue weighted by Crippen LogP contribution is -2.42. The molecule has 2 atom stereocenters. The van der Waals surface area contributed by atoms with Gasteiger partial charge in [0, 0.05) is 47.9 Å². The molecule has 4 heterocycles. The molecule has 7 rings (SSSR count). The molecular weight excluding hydrogens is 500 g/mol. The standard InChI is InChI=1S/C32H32N6O2/c1-39-25-18-28-30(34-19-25)29(14-16-33-28)40-24-12-10-23(11-13-24)35-31-26-8-4-5-9-27(26)32(37-36-31)38-17-15-21-6-2-3-7-22(21)20-38/h4-5,8-14,16,18-19,21-22H,2-3,6-7,15,17,20H2,1H3,(H,35,36)/t21-,22-/m1/s1. The van der Waals surface area contributed by atoms with Crippen molar-refractivity contribution in [3.8, 4) is 17.2 Å². The fourth-order valence-corrected chi connectivity index (χ4v) is 6.26. The molecule has 40 heavy (non-hydrogen) atoms. The summed E-state index contributed by atoms with van der Waals surface area (Å²) in [5.74, 6) is 5.42. The van der Waals surface area contributed by atoms with Gasteiger partial charge in [0.05, 0.1) is 18.8 Å². The van der Waals surface area contributed by atoms with E-state index in [-0.39, 0.29) is 0 Å². The Morgan fingerprint density at radius 3 is 2.52 bits per heavy atom. The smallest absolute Gasteiger partial charge is 0.161 e. The highest BCUT2D eigenvalue weighted by Crippen LogP contribution is 2.39. The molecule has 2 fully saturated rings. The van der Waals surface area contributed by atoms with Gasteiger partial charge >= 0.3 is 0 Å². The lowest BCUT2D eigenvalue weighted by Gasteiger charge is -2.41. The Kier molecular flexibility index (Phi) is 6.51. The van der Waals surface area contributed by atoms with E-state index in [0.717, 1.165) is 53.0 Å². The minimum Gasteiger partial charge on any atom is -0.495 e. The number of anilines is 3. The number of piperidine rings is 1. The number of hydrogen-bond donors (Lipinski definition) is 1. The van der Waals surface area contributed by atoms with Gasteiger partial charge in [-0.1, -0.05) is 43.5 Å². The van der Waals surface area contributed by atoms with Crippen LogP contribution in [0.1, 0.15) is 32.1 Å². The zero-order chi connectivity index (χ0) is 26.9. The number of methoxy groups -OCH3 is 1. The van der Waals surface area contributed by atoms with Crippen LogP contribution in [0.5, 0.6) is 17.2 Å². The maximum absolute atomic E-state index is 6.16. The number of benzene rings is 2. The van der Waals surface area contributed by atoms with Gasteiger partial charge in [-0.05, 0) is 48.9 Å². The number of aromatic nitrogens is 4. The molecule has 1 aliphatic heterocycles. The van der Waals surface area contributed by atoms with E-state index in [0.29, 0.717) is 28.3 Å². The highest BCUT2D eigenvalue weighted by atomic mass is 16.5. The number of nitrogens with zero attached hydrogens (tertiary/aromatic N) is 5. The van der Waals surface area contributed by atoms with E-state index in [1.807, 2.05) is 36.4 Å². The van der Waals surface area contributed by atoms with Gasteiger partial charge in [0.15, 0.2) is 17.4 Å². The van der Waals surface area contributed by atoms with Gasteiger partial charge in [0.2, 0.25) is 0 Å². The first kappa shape index (κ1) is 24.6. The second-order valence-corrected chi connectivity index (χ2v) is 10.8. The normalized spacial score (nSPS) is 18.9. The molecule has 8 heteroatoms. The number of hydrogen-bond acceptors (Lipinski definition) is 8. The zero-order valence-electron chi connectivity index (χ0n) is 22.6. The van der Waals surface area contributed by atoms with E-state index in [9.17, 15) is 0 Å². The molecule has 0 unspecified atom stereocenters. The molecular formula is C32H32N6O2. The van der Waals surface area contributed by atoms with Crippen LogP contribution in [-0.4, -0.2) is 40.4 Å². The van der Waals surface area contributed by atoms with Crippen molar-refractivity contribution in [2.24, 2.45) is 11.8 Å². The van der Waals surface area contributed by atoms with E-state index in [1.165, 1.54) is 32.1 Å². The molecule has 0 radical (unpaired) electrons. The predicted octanol–water partition coefficient (Wildman–Crippen LogP) is 7.13. The van der Waals surface area contributed by atoms with Crippen molar-refractivity contribution in [3.63, 3.8) is 0 Å². The number of nitrogens with one attached hydrogen (secondary N) is 1. The van der Waals surface area contributed by atoms with E-state index in [1.54, 1.807) is 19.5 Å². The first-order valence-corrected chi connectivity index (χ1v) is 14.1. The molecule has 3 aromatic heterocycles. The van der Waals surface area contributed by atoms with Gasteiger partial charge in [-0.25, -0.2) is 4.98 Å². The molecule has 202 valence electrons. The molecule has 1 saturated heterocycles. The maximum atomic E-state index is 6.16. The molecule has 0 amide bonds. The molecule has 5 aromatic rings. The molecule has 1 aliphatic carbocycles. The molecule has 2 aromatic carbocycles. The highest BCUT2D eigenvalue weighted by molar-refractivity contribution is 5.99. The summed E-state index contributed by atoms with van der Waals surface area (Å²) in [5.41, 5.74) is 2.30. The first-order chi connectivity index (χ1) is 19.7. The summed E-state index contributed by atoms with van der Waals surface area (Å²) in [4.78, 5) is 11.3. The fraction of sp³-hybridized carbons (Fsp3) is 0.312. The Bertz CT molecular complexity index is 1660. The Morgan fingerprint density at radius 1 is 0.850 bits per heavy atom. The minimum atomic E-state index is 0.637. The summed E-state index contributed by atoms with van der Waals surface area (Å²) < 4.78 is 11.4. The second-order valence-electron chi connectivity index (χ2n) is 10.8. The van der Waals surface area contributed by atoms with Crippen molar-refractivity contribution < 1.29 is 9.47 Å². The van der Waals surface area contributed by atoms with Gasteiger partial charge in [-0.2, -0.15) is 0 Å². The Labute approximate surface area is 233 Å². The number of rotatable bonds is 6. The molecule has 8 nitrogen and oxygen atoms in total. The van der Waals surface area contributed by atoms with Crippen LogP contribution in [0.2, 0.25) is 0 Å². The van der Waals surface area contributed by atoms with Crippen molar-refractivity contribution in [2.45, 2.75) is 32.1 Å². The Morgan fingerprint density at radius 2 is 1.68 bits per heavy atom. The largest absolute Gasteiger partial charge is 0.495 e. The summed E-state index contributed by atoms with van der Waals surface area (Å²) in [7, 11) is 1.61. The number of ether oxygens (including phenoxy) is 2. The van der Waals surface area contributed by atoms with Crippen LogP contribution in [0.4, 0.5) is 17.3 Å². The van der Waals surface area contributed by atoms with E-state index in [2.05, 4.69) is 49.5 Å². The monoisotopic (exact) mass is 532 g/mol. The molecule has 1 N–H and O–H groups in total. The average molecular weight is 533 g/mol. The van der Waals surface area contributed by atoms with Crippen molar-refractivity contribution in [1.29, 1.82) is 0 Å². The summed E-state index contributed by atoms with van der Waals surface area (Å²) in [6.45, 7) is 2.15. The van der Waals surface area contributed by atoms with Gasteiger partial charge in [-0.15, -0.1) is 10.2 Å². The van der Waals surface area contributed by atoms with E-state index in [4.69, 9.17) is 14.6 Å². The molecule has 2 aliphatic rings. The van der Waals surface area contributed by atoms with E-state index < -0.39 is 0 Å². The minimum absolute atomic E-state index is 0.637. The average Bonchev–Trinajstić information content (AvgIpc) is 3.02. The van der Waals surface area contributed by atoms with Crippen LogP contribution in [0.3, 0.4) is 0 Å². The SMILES string of the molecule is COc1cnc2c(Oc3ccc(Nc4nnc(N5CC[C@H]6CCCC[C@@H]6C5)c5ccccc45)cc3)ccnc2c1. The van der Waals surface area contributed by atoms with Gasteiger partial charge in [0.1, 0.15) is 17.0 Å². The quantitative estimate of drug-likeness (QED) is 0.247. The van der Waals surface area contributed by atoms with Crippen LogP contribution in [0.25, 0.3) is 21.8 Å². The van der Waals surface area contributed by atoms with Gasteiger partial charge in [0.25, 0.3) is 0 Å². The number of fused-ring (bicyclic) bond motifs is 3. The summed E-state index contributed by atoms with van der Waals surface area (Å²) in [5, 5.41) is 15.1. The lowest BCUT2D eigenvalue weighted by molar-refractivity contribution is 0.202. The third-order valence-electron chi connectivity index (χ3n) is 8.35. The maximum Gasteiger partial charge on any atom is 0.161 e. The van der Waals surface area contributed by atoms with E-state index >= 15 is 0 Å². The van der Waals surface area contributed by atoms with Crippen molar-refractivity contribution >= 4 is 39.1 Å². The highest BCUT2D eigenvalue weighted by Gasteiger charge is 2.32. The van der Waals surface area contributed by atoms with Crippen LogP contribution in [0, 0.1) is 11.8 Å². The van der Waals surface area contributed by atoms with Crippen LogP contribution < -0.4 is 19.7 Å². The van der Waals surface area contributed by atoms with Gasteiger partial charge in [-0.3, -0.25) is 4.98 Å². The summed E-state index contributed by atoms with van der Waals surface area (Å²) in [6.07, 6.45) is 10.1. The van der Waals surface area contributed by atoms with Gasteiger partial charge < -0.3 is 19.7 Å². The zero-order valence-corrected chi connectivity index (χ0v) is 22.6. The first-order valence-electron chi connectivity index (χ1n) is 14.1. The van der Waals surface area contributed by atoms with Crippen LogP contribution in [-0.2, 0) is 0 Å². The van der Waals surface area contributed by atoms with Crippen molar-refractivity contribution in [1.82, 2.24) is 20.2 Å². The topological polar surface area (TPSA) is 85.3 Å². The van der Waals surface area contributed by atoms with Crippen LogP contribution >= 0.6 is 0 Å². The summed E-state index contributed by atoms with van der Waals surface area (Å²) in [6, 6.07) is 19.9. The fourth-order valence-electron chi connectivity index (χ4n) is 6.26. The Hall–Kier alpha value is -4.46. The Balaban J connectivity index is 1.10. The molecule has 1 saturated carbocycles. The molecule has 0 bridgehead atoms. The summed E-state index contributed by atoms with van der Waals surface area (Å²) >= 11 is 0. The van der Waals surface area contributed by atoms with Crippen molar-refractivity contribution in [2.75, 3.05) is 30.4 Å². The van der Waals surface area contributed by atoms with Crippen LogP contribution in [0.15, 0.2) is 73.1 Å². The second kappa shape index (κ2) is 10.6.